The van der Waals surface area contributed by atoms with Gasteiger partial charge in [-0.05, 0) is 48.8 Å². The first-order valence-electron chi connectivity index (χ1n) is 5.00. The molecule has 84 valence electrons. The quantitative estimate of drug-likeness (QED) is 0.914. The molecule has 3 nitrogen and oxygen atoms in total. The number of halogens is 1. The number of pyridine rings is 1. The first-order valence-corrected chi connectivity index (χ1v) is 5.79. The van der Waals surface area contributed by atoms with E-state index < -0.39 is 0 Å². The van der Waals surface area contributed by atoms with E-state index >= 15 is 0 Å². The molecule has 0 unspecified atom stereocenters. The van der Waals surface area contributed by atoms with Crippen molar-refractivity contribution in [3.05, 3.63) is 33.2 Å². The molecule has 15 heavy (non-hydrogen) atoms. The topological polar surface area (TPSA) is 34.0 Å². The zero-order valence-electron chi connectivity index (χ0n) is 9.38. The molecule has 0 radical (unpaired) electrons. The van der Waals surface area contributed by atoms with Crippen LogP contribution in [0.15, 0.2) is 27.6 Å². The molecule has 0 atom stereocenters. The van der Waals surface area contributed by atoms with E-state index in [4.69, 9.17) is 0 Å². The summed E-state index contributed by atoms with van der Waals surface area (Å²) < 4.78 is 2.31. The number of hydrogen-bond donors (Lipinski definition) is 1. The molecular formula is C11H17BrN2O. The highest BCUT2D eigenvalue weighted by atomic mass is 79.9. The summed E-state index contributed by atoms with van der Waals surface area (Å²) in [7, 11) is 0. The van der Waals surface area contributed by atoms with Gasteiger partial charge in [-0.2, -0.15) is 0 Å². The summed E-state index contributed by atoms with van der Waals surface area (Å²) in [6, 6.07) is 3.62. The van der Waals surface area contributed by atoms with Crippen LogP contribution < -0.4 is 10.9 Å². The third-order valence-electron chi connectivity index (χ3n) is 1.98. The fourth-order valence-corrected chi connectivity index (χ4v) is 1.62. The fourth-order valence-electron chi connectivity index (χ4n) is 1.24. The van der Waals surface area contributed by atoms with E-state index in [1.807, 2.05) is 6.07 Å². The Morgan fingerprint density at radius 2 is 2.13 bits per heavy atom. The second-order valence-corrected chi connectivity index (χ2v) is 5.39. The molecule has 1 rings (SSSR count). The van der Waals surface area contributed by atoms with Gasteiger partial charge in [0.1, 0.15) is 0 Å². The lowest BCUT2D eigenvalue weighted by atomic mass is 10.1. The smallest absolute Gasteiger partial charge is 0.264 e. The van der Waals surface area contributed by atoms with E-state index in [0.717, 1.165) is 6.54 Å². The largest absolute Gasteiger partial charge is 0.313 e. The van der Waals surface area contributed by atoms with Gasteiger partial charge in [-0.15, -0.1) is 0 Å². The van der Waals surface area contributed by atoms with Gasteiger partial charge < -0.3 is 9.88 Å². The van der Waals surface area contributed by atoms with Crippen LogP contribution in [-0.2, 0) is 6.54 Å². The van der Waals surface area contributed by atoms with E-state index in [9.17, 15) is 4.79 Å². The minimum atomic E-state index is 0.0215. The highest BCUT2D eigenvalue weighted by Gasteiger charge is 2.08. The average molecular weight is 273 g/mol. The van der Waals surface area contributed by atoms with Crippen LogP contribution in [0.25, 0.3) is 0 Å². The highest BCUT2D eigenvalue weighted by Crippen LogP contribution is 2.01. The van der Waals surface area contributed by atoms with Gasteiger partial charge in [0.05, 0.1) is 4.47 Å². The second-order valence-electron chi connectivity index (χ2n) is 4.53. The number of hydrogen-bond acceptors (Lipinski definition) is 2. The maximum Gasteiger partial charge on any atom is 0.264 e. The van der Waals surface area contributed by atoms with Crippen molar-refractivity contribution in [3.8, 4) is 0 Å². The lowest BCUT2D eigenvalue weighted by molar-refractivity contribution is 0.410. The zero-order chi connectivity index (χ0) is 11.5. The molecule has 4 heteroatoms. The summed E-state index contributed by atoms with van der Waals surface area (Å²) >= 11 is 3.22. The first-order chi connectivity index (χ1) is 6.90. The lowest BCUT2D eigenvalue weighted by Gasteiger charge is -2.20. The Bertz CT molecular complexity index is 379. The Hall–Kier alpha value is -0.610. The van der Waals surface area contributed by atoms with Gasteiger partial charge in [-0.3, -0.25) is 4.79 Å². The molecule has 1 aromatic rings. The molecule has 0 bridgehead atoms. The molecule has 0 spiro atoms. The Balaban J connectivity index is 2.59. The molecular weight excluding hydrogens is 256 g/mol. The first kappa shape index (κ1) is 12.5. The van der Waals surface area contributed by atoms with Crippen molar-refractivity contribution < 1.29 is 0 Å². The van der Waals surface area contributed by atoms with Crippen molar-refractivity contribution in [3.63, 3.8) is 0 Å². The minimum Gasteiger partial charge on any atom is -0.313 e. The van der Waals surface area contributed by atoms with E-state index in [-0.39, 0.29) is 11.1 Å². The van der Waals surface area contributed by atoms with Gasteiger partial charge in [0.2, 0.25) is 0 Å². The maximum atomic E-state index is 11.6. The van der Waals surface area contributed by atoms with Gasteiger partial charge >= 0.3 is 0 Å². The molecule has 0 aliphatic carbocycles. The second kappa shape index (κ2) is 4.94. The van der Waals surface area contributed by atoms with Crippen molar-refractivity contribution in [1.82, 2.24) is 9.88 Å². The van der Waals surface area contributed by atoms with Crippen molar-refractivity contribution in [2.75, 3.05) is 6.54 Å². The number of nitrogens with zero attached hydrogens (tertiary/aromatic N) is 1. The Morgan fingerprint density at radius 3 is 2.73 bits per heavy atom. The summed E-state index contributed by atoms with van der Waals surface area (Å²) in [5, 5.41) is 3.34. The molecule has 0 aliphatic heterocycles. The molecule has 0 amide bonds. The van der Waals surface area contributed by atoms with Crippen molar-refractivity contribution in [2.24, 2.45) is 0 Å². The summed E-state index contributed by atoms with van der Waals surface area (Å²) in [4.78, 5) is 11.6. The Labute approximate surface area is 98.6 Å². The monoisotopic (exact) mass is 272 g/mol. The summed E-state index contributed by atoms with van der Waals surface area (Å²) in [6.45, 7) is 7.81. The predicted molar refractivity (Wildman–Crippen MR) is 66.2 cm³/mol. The maximum absolute atomic E-state index is 11.6. The summed E-state index contributed by atoms with van der Waals surface area (Å²) in [6.07, 6.45) is 1.80. The Morgan fingerprint density at radius 1 is 1.47 bits per heavy atom. The van der Waals surface area contributed by atoms with Crippen LogP contribution in [0.1, 0.15) is 20.8 Å². The van der Waals surface area contributed by atoms with Crippen LogP contribution in [0.4, 0.5) is 0 Å². The molecule has 0 fully saturated rings. The predicted octanol–water partition coefficient (Wildman–Crippen LogP) is 2.00. The van der Waals surface area contributed by atoms with E-state index in [1.54, 1.807) is 16.8 Å². The van der Waals surface area contributed by atoms with Gasteiger partial charge in [-0.25, -0.2) is 0 Å². The third kappa shape index (κ3) is 4.18. The number of nitrogens with one attached hydrogen (secondary N) is 1. The normalized spacial score (nSPS) is 11.7. The molecule has 0 saturated carbocycles. The van der Waals surface area contributed by atoms with E-state index in [0.29, 0.717) is 11.0 Å². The molecule has 1 N–H and O–H groups in total. The van der Waals surface area contributed by atoms with Crippen LogP contribution in [0.2, 0.25) is 0 Å². The van der Waals surface area contributed by atoms with Crippen molar-refractivity contribution in [2.45, 2.75) is 32.9 Å². The minimum absolute atomic E-state index is 0.0215. The van der Waals surface area contributed by atoms with Crippen LogP contribution in [0, 0.1) is 0 Å². The van der Waals surface area contributed by atoms with Crippen molar-refractivity contribution in [1.29, 1.82) is 0 Å². The lowest BCUT2D eigenvalue weighted by Crippen LogP contribution is -2.39. The van der Waals surface area contributed by atoms with Gasteiger partial charge in [0, 0.05) is 24.8 Å². The SMILES string of the molecule is CC(C)(C)NCCn1cccc(Br)c1=O. The third-order valence-corrected chi connectivity index (χ3v) is 2.59. The molecule has 1 heterocycles. The summed E-state index contributed by atoms with van der Waals surface area (Å²) in [5.74, 6) is 0. The fraction of sp³-hybridized carbons (Fsp3) is 0.545. The Kier molecular flexibility index (Phi) is 4.11. The molecule has 0 aromatic carbocycles. The van der Waals surface area contributed by atoms with Gasteiger partial charge in [0.25, 0.3) is 5.56 Å². The van der Waals surface area contributed by atoms with Crippen LogP contribution >= 0.6 is 15.9 Å². The van der Waals surface area contributed by atoms with Crippen LogP contribution in [0.3, 0.4) is 0 Å². The van der Waals surface area contributed by atoms with Crippen molar-refractivity contribution >= 4 is 15.9 Å². The van der Waals surface area contributed by atoms with Crippen LogP contribution in [0.5, 0.6) is 0 Å². The number of rotatable bonds is 3. The average Bonchev–Trinajstić information content (AvgIpc) is 2.10. The highest BCUT2D eigenvalue weighted by molar-refractivity contribution is 9.10. The summed E-state index contributed by atoms with van der Waals surface area (Å²) in [5.41, 5.74) is 0.114. The molecule has 0 saturated heterocycles. The van der Waals surface area contributed by atoms with Crippen LogP contribution in [-0.4, -0.2) is 16.7 Å². The molecule has 0 aliphatic rings. The number of aromatic nitrogens is 1. The van der Waals surface area contributed by atoms with E-state index in [2.05, 4.69) is 42.0 Å². The standard InChI is InChI=1S/C11H17BrN2O/c1-11(2,3)13-6-8-14-7-4-5-9(12)10(14)15/h4-5,7,13H,6,8H2,1-3H3. The van der Waals surface area contributed by atoms with E-state index in [1.165, 1.54) is 0 Å². The molecule has 1 aromatic heterocycles. The van der Waals surface area contributed by atoms with Gasteiger partial charge in [-0.1, -0.05) is 0 Å². The van der Waals surface area contributed by atoms with Gasteiger partial charge in [0.15, 0.2) is 0 Å². The zero-order valence-corrected chi connectivity index (χ0v) is 11.0.